The molecule has 0 spiro atoms. The van der Waals surface area contributed by atoms with Crippen LogP contribution >= 0.6 is 11.3 Å². The van der Waals surface area contributed by atoms with E-state index in [1.807, 2.05) is 18.2 Å². The van der Waals surface area contributed by atoms with Crippen LogP contribution in [-0.2, 0) is 0 Å². The van der Waals surface area contributed by atoms with E-state index in [0.717, 1.165) is 70.6 Å². The topological polar surface area (TPSA) is 43.9 Å². The number of aromatic nitrogens is 3. The molecule has 182 valence electrons. The summed E-state index contributed by atoms with van der Waals surface area (Å²) < 4.78 is 11.0. The summed E-state index contributed by atoms with van der Waals surface area (Å²) >= 11 is 1.75. The number of benzene rings is 5. The Morgan fingerprint density at radius 1 is 0.590 bits per heavy atom. The van der Waals surface area contributed by atoms with Crippen molar-refractivity contribution in [3.63, 3.8) is 0 Å². The van der Waals surface area contributed by atoms with Crippen molar-refractivity contribution in [3.8, 4) is 17.2 Å². The Kier molecular flexibility index (Phi) is 4.18. The zero-order valence-electron chi connectivity index (χ0n) is 20.6. The molecule has 9 rings (SSSR count). The van der Waals surface area contributed by atoms with Crippen molar-refractivity contribution in [2.75, 3.05) is 0 Å². The highest BCUT2D eigenvalue weighted by molar-refractivity contribution is 7.26. The molecular weight excluding hydrogens is 498 g/mol. The molecule has 5 aromatic carbocycles. The zero-order chi connectivity index (χ0) is 25.5. The smallest absolute Gasteiger partial charge is 0.235 e. The van der Waals surface area contributed by atoms with E-state index in [0.29, 0.717) is 5.95 Å². The normalized spacial score (nSPS) is 12.1. The summed E-state index contributed by atoms with van der Waals surface area (Å²) in [5.41, 5.74) is 6.89. The SMILES string of the molecule is c1ccc(-c2nc(-n3c4ccccc4c4c5oc6ccccc6c5ccc43)nc3c2sc2ccccc23)cc1. The second-order valence-electron chi connectivity index (χ2n) is 9.80. The molecule has 0 radical (unpaired) electrons. The van der Waals surface area contributed by atoms with E-state index in [1.54, 1.807) is 11.3 Å². The minimum atomic E-state index is 0.659. The van der Waals surface area contributed by atoms with Crippen LogP contribution in [-0.4, -0.2) is 14.5 Å². The maximum absolute atomic E-state index is 6.48. The highest BCUT2D eigenvalue weighted by Gasteiger charge is 2.22. The Labute approximate surface area is 226 Å². The van der Waals surface area contributed by atoms with Crippen LogP contribution in [0.15, 0.2) is 120 Å². The molecule has 9 aromatic rings. The summed E-state index contributed by atoms with van der Waals surface area (Å²) in [5, 5.41) is 5.60. The molecule has 5 heteroatoms. The van der Waals surface area contributed by atoms with Gasteiger partial charge in [-0.05, 0) is 30.3 Å². The van der Waals surface area contributed by atoms with E-state index >= 15 is 0 Å². The Morgan fingerprint density at radius 2 is 1.33 bits per heavy atom. The predicted octanol–water partition coefficient (Wildman–Crippen LogP) is 9.51. The van der Waals surface area contributed by atoms with Crippen LogP contribution in [0.25, 0.3) is 81.3 Å². The zero-order valence-corrected chi connectivity index (χ0v) is 21.4. The average Bonchev–Trinajstić information content (AvgIpc) is 3.66. The lowest BCUT2D eigenvalue weighted by Crippen LogP contribution is -2.02. The van der Waals surface area contributed by atoms with Crippen molar-refractivity contribution in [1.82, 2.24) is 14.5 Å². The van der Waals surface area contributed by atoms with Crippen molar-refractivity contribution in [1.29, 1.82) is 0 Å². The summed E-state index contributed by atoms with van der Waals surface area (Å²) in [6.45, 7) is 0. The van der Waals surface area contributed by atoms with Crippen molar-refractivity contribution in [2.24, 2.45) is 0 Å². The standard InChI is InChI=1S/C34H19N3OS/c1-2-10-20(11-3-1)30-33-31(24-14-6-9-17-28(24)39-33)36-34(35-30)37-25-15-7-4-13-23(25)29-26(37)19-18-22-21-12-5-8-16-27(21)38-32(22)29/h1-19H. The molecule has 4 aromatic heterocycles. The molecule has 0 atom stereocenters. The number of hydrogen-bond donors (Lipinski definition) is 0. The summed E-state index contributed by atoms with van der Waals surface area (Å²) in [6.07, 6.45) is 0. The molecule has 0 N–H and O–H groups in total. The number of hydrogen-bond acceptors (Lipinski definition) is 4. The maximum Gasteiger partial charge on any atom is 0.235 e. The minimum absolute atomic E-state index is 0.659. The summed E-state index contributed by atoms with van der Waals surface area (Å²) in [7, 11) is 0. The Hall–Kier alpha value is -5.00. The molecule has 0 unspecified atom stereocenters. The summed E-state index contributed by atoms with van der Waals surface area (Å²) in [6, 6.07) is 39.9. The fraction of sp³-hybridized carbons (Fsp3) is 0. The average molecular weight is 518 g/mol. The third kappa shape index (κ3) is 2.88. The van der Waals surface area contributed by atoms with Crippen LogP contribution in [0.5, 0.6) is 0 Å². The molecule has 4 nitrogen and oxygen atoms in total. The molecule has 0 bridgehead atoms. The van der Waals surface area contributed by atoms with Gasteiger partial charge in [0.1, 0.15) is 11.2 Å². The predicted molar refractivity (Wildman–Crippen MR) is 162 cm³/mol. The Morgan fingerprint density at radius 3 is 2.23 bits per heavy atom. The van der Waals surface area contributed by atoms with Crippen LogP contribution in [0.2, 0.25) is 0 Å². The maximum atomic E-state index is 6.48. The van der Waals surface area contributed by atoms with Gasteiger partial charge in [0.05, 0.1) is 32.3 Å². The molecule has 0 aliphatic rings. The third-order valence-corrected chi connectivity index (χ3v) is 8.80. The molecule has 0 amide bonds. The molecular formula is C34H19N3OS. The van der Waals surface area contributed by atoms with E-state index in [1.165, 1.54) is 4.70 Å². The van der Waals surface area contributed by atoms with Gasteiger partial charge in [-0.1, -0.05) is 84.9 Å². The van der Waals surface area contributed by atoms with Gasteiger partial charge in [0.15, 0.2) is 0 Å². The lowest BCUT2D eigenvalue weighted by atomic mass is 10.1. The van der Waals surface area contributed by atoms with Crippen molar-refractivity contribution >= 4 is 75.4 Å². The van der Waals surface area contributed by atoms with Crippen molar-refractivity contribution < 1.29 is 4.42 Å². The monoisotopic (exact) mass is 517 g/mol. The van der Waals surface area contributed by atoms with E-state index in [2.05, 4.69) is 102 Å². The molecule has 39 heavy (non-hydrogen) atoms. The number of nitrogens with zero attached hydrogens (tertiary/aromatic N) is 3. The highest BCUT2D eigenvalue weighted by atomic mass is 32.1. The van der Waals surface area contributed by atoms with Gasteiger partial charge in [0.25, 0.3) is 0 Å². The highest BCUT2D eigenvalue weighted by Crippen LogP contribution is 2.42. The second-order valence-corrected chi connectivity index (χ2v) is 10.9. The first-order valence-corrected chi connectivity index (χ1v) is 13.8. The summed E-state index contributed by atoms with van der Waals surface area (Å²) in [4.78, 5) is 10.5. The number of thiophene rings is 1. The molecule has 0 aliphatic heterocycles. The first-order valence-electron chi connectivity index (χ1n) is 12.9. The largest absolute Gasteiger partial charge is 0.455 e. The van der Waals surface area contributed by atoms with Crippen LogP contribution in [0.3, 0.4) is 0 Å². The van der Waals surface area contributed by atoms with Gasteiger partial charge in [0.2, 0.25) is 5.95 Å². The Balaban J connectivity index is 1.46. The first kappa shape index (κ1) is 21.0. The number of fused-ring (bicyclic) bond motifs is 10. The quantitative estimate of drug-likeness (QED) is 0.229. The number of furan rings is 1. The van der Waals surface area contributed by atoms with Gasteiger partial charge in [-0.25, -0.2) is 9.97 Å². The van der Waals surface area contributed by atoms with Gasteiger partial charge >= 0.3 is 0 Å². The van der Waals surface area contributed by atoms with Crippen LogP contribution in [0, 0.1) is 0 Å². The molecule has 0 aliphatic carbocycles. The van der Waals surface area contributed by atoms with Gasteiger partial charge < -0.3 is 4.42 Å². The Bertz CT molecular complexity index is 2400. The molecule has 0 saturated carbocycles. The lowest BCUT2D eigenvalue weighted by molar-refractivity contribution is 0.673. The van der Waals surface area contributed by atoms with Crippen LogP contribution < -0.4 is 0 Å². The van der Waals surface area contributed by atoms with Crippen molar-refractivity contribution in [3.05, 3.63) is 115 Å². The van der Waals surface area contributed by atoms with Crippen molar-refractivity contribution in [2.45, 2.75) is 0 Å². The van der Waals surface area contributed by atoms with Gasteiger partial charge in [0, 0.05) is 31.8 Å². The first-order chi connectivity index (χ1) is 19.3. The summed E-state index contributed by atoms with van der Waals surface area (Å²) in [5.74, 6) is 0.659. The molecule has 0 saturated heterocycles. The van der Waals surface area contributed by atoms with Crippen LogP contribution in [0.4, 0.5) is 0 Å². The second kappa shape index (κ2) is 7.76. The number of para-hydroxylation sites is 2. The van der Waals surface area contributed by atoms with E-state index in [-0.39, 0.29) is 0 Å². The molecule has 0 fully saturated rings. The van der Waals surface area contributed by atoms with Gasteiger partial charge in [-0.3, -0.25) is 4.57 Å². The van der Waals surface area contributed by atoms with Gasteiger partial charge in [-0.2, -0.15) is 0 Å². The van der Waals surface area contributed by atoms with E-state index in [4.69, 9.17) is 14.4 Å². The number of rotatable bonds is 2. The minimum Gasteiger partial charge on any atom is -0.455 e. The fourth-order valence-corrected chi connectivity index (χ4v) is 7.07. The van der Waals surface area contributed by atoms with Crippen LogP contribution in [0.1, 0.15) is 0 Å². The van der Waals surface area contributed by atoms with Gasteiger partial charge in [-0.15, -0.1) is 11.3 Å². The fourth-order valence-electron chi connectivity index (χ4n) is 5.92. The van der Waals surface area contributed by atoms with E-state index < -0.39 is 0 Å². The molecule has 4 heterocycles. The lowest BCUT2D eigenvalue weighted by Gasteiger charge is -2.10. The third-order valence-electron chi connectivity index (χ3n) is 7.64. The van der Waals surface area contributed by atoms with E-state index in [9.17, 15) is 0 Å².